The average molecular weight is 475 g/mol. The maximum absolute atomic E-state index is 12.7. The van der Waals surface area contributed by atoms with E-state index in [-0.39, 0.29) is 12.3 Å². The number of carboxylic acids is 1. The Morgan fingerprint density at radius 2 is 1.74 bits per heavy atom. The van der Waals surface area contributed by atoms with Crippen LogP contribution in [-0.2, 0) is 30.4 Å². The Morgan fingerprint density at radius 1 is 1.06 bits per heavy atom. The third-order valence-electron chi connectivity index (χ3n) is 5.16. The van der Waals surface area contributed by atoms with Crippen molar-refractivity contribution in [3.05, 3.63) is 36.0 Å². The summed E-state index contributed by atoms with van der Waals surface area (Å²) >= 11 is 0. The number of fused-ring (bicyclic) bond motifs is 1. The van der Waals surface area contributed by atoms with E-state index in [9.17, 15) is 24.0 Å². The minimum atomic E-state index is -1.51. The van der Waals surface area contributed by atoms with E-state index in [0.717, 1.165) is 16.5 Å². The van der Waals surface area contributed by atoms with Gasteiger partial charge in [0.1, 0.15) is 12.1 Å². The smallest absolute Gasteiger partial charge is 0.326 e. The van der Waals surface area contributed by atoms with Crippen molar-refractivity contribution in [3.63, 3.8) is 0 Å². The maximum Gasteiger partial charge on any atom is 0.326 e. The molecule has 0 radical (unpaired) electrons. The Labute approximate surface area is 195 Å². The summed E-state index contributed by atoms with van der Waals surface area (Å²) in [4.78, 5) is 62.4. The number of aromatic amines is 1. The first-order valence-corrected chi connectivity index (χ1v) is 10.7. The van der Waals surface area contributed by atoms with E-state index in [1.807, 2.05) is 24.3 Å². The summed E-state index contributed by atoms with van der Waals surface area (Å²) in [7, 11) is 0. The SMILES string of the molecule is CC(C)C(NC(=O)C(N)Cc1c[nH]c2ccccc12)C(=O)NCC(=O)NC(CC(N)=O)C(=O)O. The molecule has 9 N–H and O–H groups in total. The van der Waals surface area contributed by atoms with Crippen LogP contribution in [0.2, 0.25) is 0 Å². The molecule has 0 saturated carbocycles. The zero-order chi connectivity index (χ0) is 25.4. The average Bonchev–Trinajstić information content (AvgIpc) is 3.17. The van der Waals surface area contributed by atoms with E-state index in [1.54, 1.807) is 20.0 Å². The van der Waals surface area contributed by atoms with Gasteiger partial charge in [0.2, 0.25) is 23.6 Å². The van der Waals surface area contributed by atoms with E-state index < -0.39 is 60.7 Å². The number of aliphatic carboxylic acids is 1. The van der Waals surface area contributed by atoms with Crippen LogP contribution in [0.4, 0.5) is 0 Å². The summed E-state index contributed by atoms with van der Waals surface area (Å²) in [5.41, 5.74) is 12.8. The highest BCUT2D eigenvalue weighted by Crippen LogP contribution is 2.18. The zero-order valence-electron chi connectivity index (χ0n) is 19.0. The highest BCUT2D eigenvalue weighted by molar-refractivity contribution is 5.94. The number of aromatic nitrogens is 1. The van der Waals surface area contributed by atoms with Crippen molar-refractivity contribution in [3.8, 4) is 0 Å². The zero-order valence-corrected chi connectivity index (χ0v) is 19.0. The summed E-state index contributed by atoms with van der Waals surface area (Å²) in [6, 6.07) is 4.20. The lowest BCUT2D eigenvalue weighted by Gasteiger charge is -2.23. The van der Waals surface area contributed by atoms with E-state index in [1.165, 1.54) is 0 Å². The molecule has 1 aromatic heterocycles. The second-order valence-electron chi connectivity index (χ2n) is 8.25. The number of H-pyrrole nitrogens is 1. The van der Waals surface area contributed by atoms with Crippen LogP contribution in [0.1, 0.15) is 25.8 Å². The quantitative estimate of drug-likeness (QED) is 0.198. The first-order valence-electron chi connectivity index (χ1n) is 10.7. The van der Waals surface area contributed by atoms with Crippen LogP contribution in [0.15, 0.2) is 30.5 Å². The summed E-state index contributed by atoms with van der Waals surface area (Å²) < 4.78 is 0. The first kappa shape index (κ1) is 26.3. The number of amides is 4. The molecule has 0 aliphatic carbocycles. The minimum absolute atomic E-state index is 0.251. The number of carbonyl (C=O) groups excluding carboxylic acids is 4. The van der Waals surface area contributed by atoms with Gasteiger partial charge in [-0.3, -0.25) is 19.2 Å². The van der Waals surface area contributed by atoms with Crippen LogP contribution < -0.4 is 27.4 Å². The normalized spacial score (nSPS) is 13.6. The molecule has 2 rings (SSSR count). The summed E-state index contributed by atoms with van der Waals surface area (Å²) in [6.07, 6.45) is 1.45. The fourth-order valence-electron chi connectivity index (χ4n) is 3.35. The number of para-hydroxylation sites is 1. The van der Waals surface area contributed by atoms with Gasteiger partial charge in [-0.2, -0.15) is 0 Å². The standard InChI is InChI=1S/C22H30N6O6/c1-11(2)19(21(32)26-10-18(30)27-16(22(33)34)8-17(24)29)28-20(31)14(23)7-12-9-25-15-6-4-3-5-13(12)15/h3-6,9,11,14,16,19,25H,7-8,10,23H2,1-2H3,(H2,24,29)(H,26,32)(H,27,30)(H,28,31)(H,33,34). The van der Waals surface area contributed by atoms with Crippen molar-refractivity contribution < 1.29 is 29.1 Å². The Hall–Kier alpha value is -3.93. The van der Waals surface area contributed by atoms with Gasteiger partial charge in [0.05, 0.1) is 19.0 Å². The Morgan fingerprint density at radius 3 is 2.35 bits per heavy atom. The van der Waals surface area contributed by atoms with Crippen molar-refractivity contribution in [2.75, 3.05) is 6.54 Å². The topological polar surface area (TPSA) is 209 Å². The van der Waals surface area contributed by atoms with Crippen LogP contribution in [0, 0.1) is 5.92 Å². The molecule has 0 aliphatic heterocycles. The highest BCUT2D eigenvalue weighted by Gasteiger charge is 2.28. The lowest BCUT2D eigenvalue weighted by molar-refractivity contribution is -0.143. The van der Waals surface area contributed by atoms with Crippen LogP contribution >= 0.6 is 0 Å². The summed E-state index contributed by atoms with van der Waals surface area (Å²) in [5.74, 6) is -4.66. The van der Waals surface area contributed by atoms with E-state index >= 15 is 0 Å². The number of rotatable bonds is 12. The second kappa shape index (κ2) is 11.8. The molecule has 2 aromatic rings. The van der Waals surface area contributed by atoms with Gasteiger partial charge in [0.25, 0.3) is 0 Å². The maximum atomic E-state index is 12.7. The largest absolute Gasteiger partial charge is 0.480 e. The molecule has 3 unspecified atom stereocenters. The fourth-order valence-corrected chi connectivity index (χ4v) is 3.35. The molecule has 1 aromatic carbocycles. The Bertz CT molecular complexity index is 1070. The van der Waals surface area contributed by atoms with Crippen LogP contribution in [-0.4, -0.2) is 64.4 Å². The number of carboxylic acid groups (broad SMARTS) is 1. The second-order valence-corrected chi connectivity index (χ2v) is 8.25. The molecular formula is C22H30N6O6. The highest BCUT2D eigenvalue weighted by atomic mass is 16.4. The van der Waals surface area contributed by atoms with Gasteiger partial charge >= 0.3 is 5.97 Å². The van der Waals surface area contributed by atoms with Crippen LogP contribution in [0.25, 0.3) is 10.9 Å². The van der Waals surface area contributed by atoms with Crippen LogP contribution in [0.3, 0.4) is 0 Å². The molecule has 12 heteroatoms. The molecule has 0 bridgehead atoms. The van der Waals surface area contributed by atoms with Crippen molar-refractivity contribution >= 4 is 40.5 Å². The molecular weight excluding hydrogens is 444 g/mol. The van der Waals surface area contributed by atoms with Crippen molar-refractivity contribution in [2.24, 2.45) is 17.4 Å². The van der Waals surface area contributed by atoms with Gasteiger partial charge in [-0.1, -0.05) is 32.0 Å². The third-order valence-corrected chi connectivity index (χ3v) is 5.16. The number of hydrogen-bond acceptors (Lipinski definition) is 6. The van der Waals surface area contributed by atoms with Gasteiger partial charge in [0, 0.05) is 17.1 Å². The molecule has 1 heterocycles. The number of primary amides is 1. The number of nitrogens with two attached hydrogens (primary N) is 2. The number of hydrogen-bond donors (Lipinski definition) is 7. The van der Waals surface area contributed by atoms with Gasteiger partial charge < -0.3 is 37.5 Å². The molecule has 184 valence electrons. The van der Waals surface area contributed by atoms with Crippen molar-refractivity contribution in [1.29, 1.82) is 0 Å². The Balaban J connectivity index is 1.93. The van der Waals surface area contributed by atoms with Gasteiger partial charge in [-0.15, -0.1) is 0 Å². The van der Waals surface area contributed by atoms with Crippen molar-refractivity contribution in [2.45, 2.75) is 44.8 Å². The molecule has 0 aliphatic rings. The molecule has 0 saturated heterocycles. The van der Waals surface area contributed by atoms with E-state index in [4.69, 9.17) is 16.6 Å². The van der Waals surface area contributed by atoms with Gasteiger partial charge in [0.15, 0.2) is 0 Å². The molecule has 0 spiro atoms. The summed E-state index contributed by atoms with van der Waals surface area (Å²) in [6.45, 7) is 2.87. The number of nitrogens with one attached hydrogen (secondary N) is 4. The summed E-state index contributed by atoms with van der Waals surface area (Å²) in [5, 5.41) is 17.1. The predicted molar refractivity (Wildman–Crippen MR) is 123 cm³/mol. The first-order chi connectivity index (χ1) is 16.0. The molecule has 3 atom stereocenters. The van der Waals surface area contributed by atoms with Gasteiger partial charge in [-0.05, 0) is 24.0 Å². The van der Waals surface area contributed by atoms with Gasteiger partial charge in [-0.25, -0.2) is 4.79 Å². The van der Waals surface area contributed by atoms with E-state index in [0.29, 0.717) is 0 Å². The molecule has 4 amide bonds. The molecule has 34 heavy (non-hydrogen) atoms. The van der Waals surface area contributed by atoms with Crippen molar-refractivity contribution in [1.82, 2.24) is 20.9 Å². The van der Waals surface area contributed by atoms with E-state index in [2.05, 4.69) is 20.9 Å². The lowest BCUT2D eigenvalue weighted by Crippen LogP contribution is -2.55. The monoisotopic (exact) mass is 474 g/mol. The number of carbonyl (C=O) groups is 5. The third kappa shape index (κ3) is 7.30. The van der Waals surface area contributed by atoms with Crippen LogP contribution in [0.5, 0.6) is 0 Å². The molecule has 12 nitrogen and oxygen atoms in total. The minimum Gasteiger partial charge on any atom is -0.480 e. The molecule has 0 fully saturated rings. The number of benzene rings is 1. The lowest BCUT2D eigenvalue weighted by atomic mass is 10.0. The predicted octanol–water partition coefficient (Wildman–Crippen LogP) is -1.26. The fraction of sp³-hybridized carbons (Fsp3) is 0.409. The Kier molecular flexibility index (Phi) is 9.13.